The Kier molecular flexibility index (Phi) is 6.58. The summed E-state index contributed by atoms with van der Waals surface area (Å²) in [6, 6.07) is 8.75. The second kappa shape index (κ2) is 8.28. The molecule has 0 fully saturated rings. The summed E-state index contributed by atoms with van der Waals surface area (Å²) in [5.41, 5.74) is 1.64. The van der Waals surface area contributed by atoms with Gasteiger partial charge in [0, 0.05) is 0 Å². The molecule has 138 valence electrons. The van der Waals surface area contributed by atoms with E-state index in [1.165, 1.54) is 11.1 Å². The van der Waals surface area contributed by atoms with E-state index in [2.05, 4.69) is 62.0 Å². The van der Waals surface area contributed by atoms with Gasteiger partial charge in [-0.3, -0.25) is 9.78 Å². The van der Waals surface area contributed by atoms with Crippen LogP contribution in [-0.4, -0.2) is 25.5 Å². The second-order valence-corrected chi connectivity index (χ2v) is 8.45. The summed E-state index contributed by atoms with van der Waals surface area (Å²) in [4.78, 5) is 4.04. The van der Waals surface area contributed by atoms with Crippen LogP contribution in [0.4, 0.5) is 0 Å². The van der Waals surface area contributed by atoms with Crippen molar-refractivity contribution >= 4 is 12.2 Å². The summed E-state index contributed by atoms with van der Waals surface area (Å²) in [5, 5.41) is 14.3. The third-order valence-corrected chi connectivity index (χ3v) is 5.44. The van der Waals surface area contributed by atoms with Gasteiger partial charge in [0.2, 0.25) is 4.77 Å². The maximum Gasteiger partial charge on any atom is 0.215 e. The van der Waals surface area contributed by atoms with Crippen LogP contribution in [0.3, 0.4) is 0 Å². The van der Waals surface area contributed by atoms with Gasteiger partial charge in [0.1, 0.15) is 6.33 Å². The molecule has 1 aromatic carbocycles. The molecule has 0 spiro atoms. The number of aliphatic hydroxyl groups is 1. The molecule has 4 nitrogen and oxygen atoms in total. The number of nitrogens with zero attached hydrogens (tertiary/aromatic N) is 2. The van der Waals surface area contributed by atoms with E-state index >= 15 is 0 Å². The minimum Gasteiger partial charge on any atom is -0.387 e. The van der Waals surface area contributed by atoms with Crippen molar-refractivity contribution in [2.45, 2.75) is 71.9 Å². The molecule has 5 heteroatoms. The number of H-pyrrole nitrogens is 1. The molecular weight excluding hydrogens is 330 g/mol. The quantitative estimate of drug-likeness (QED) is 0.523. The van der Waals surface area contributed by atoms with Gasteiger partial charge in [-0.2, -0.15) is 0 Å². The standard InChI is InChI=1S/C20H31N3OS/c1-16-9-11-17(12-10-16)8-6-5-7-13-20(24,19(2,3)4)14-23-18(25)21-15-22-23/h9-12,15,24H,5-8,13-14H2,1-4H3,(H,21,22,25). The molecule has 1 aromatic heterocycles. The monoisotopic (exact) mass is 361 g/mol. The largest absolute Gasteiger partial charge is 0.387 e. The van der Waals surface area contributed by atoms with Crippen LogP contribution in [0, 0.1) is 17.1 Å². The summed E-state index contributed by atoms with van der Waals surface area (Å²) < 4.78 is 2.24. The average molecular weight is 362 g/mol. The van der Waals surface area contributed by atoms with E-state index in [4.69, 9.17) is 12.2 Å². The van der Waals surface area contributed by atoms with Crippen molar-refractivity contribution < 1.29 is 5.11 Å². The number of rotatable bonds is 8. The first-order valence-electron chi connectivity index (χ1n) is 9.09. The Bertz CT molecular complexity index is 712. The maximum absolute atomic E-state index is 11.3. The minimum absolute atomic E-state index is 0.232. The number of aromatic amines is 1. The molecule has 0 amide bonds. The molecular formula is C20H31N3OS. The molecule has 1 heterocycles. The van der Waals surface area contributed by atoms with Crippen molar-refractivity contribution in [1.82, 2.24) is 14.8 Å². The Morgan fingerprint density at radius 3 is 2.36 bits per heavy atom. The first-order chi connectivity index (χ1) is 11.7. The van der Waals surface area contributed by atoms with Crippen LogP contribution < -0.4 is 0 Å². The van der Waals surface area contributed by atoms with Crippen LogP contribution in [0.15, 0.2) is 30.6 Å². The Labute approximate surface area is 156 Å². The zero-order chi connectivity index (χ0) is 18.5. The fourth-order valence-corrected chi connectivity index (χ4v) is 3.19. The molecule has 2 rings (SSSR count). The topological polar surface area (TPSA) is 53.8 Å². The van der Waals surface area contributed by atoms with Crippen LogP contribution in [0.1, 0.15) is 57.6 Å². The number of aromatic nitrogens is 3. The summed E-state index contributed by atoms with van der Waals surface area (Å²) in [6.07, 6.45) is 6.69. The summed E-state index contributed by atoms with van der Waals surface area (Å²) >= 11 is 5.20. The normalized spacial score (nSPS) is 14.4. The van der Waals surface area contributed by atoms with Gasteiger partial charge in [-0.25, -0.2) is 4.98 Å². The number of aryl methyl sites for hydroxylation is 2. The summed E-state index contributed by atoms with van der Waals surface area (Å²) in [5.74, 6) is 0. The maximum atomic E-state index is 11.3. The Morgan fingerprint density at radius 2 is 1.80 bits per heavy atom. The molecule has 25 heavy (non-hydrogen) atoms. The third kappa shape index (κ3) is 5.51. The highest BCUT2D eigenvalue weighted by atomic mass is 32.1. The molecule has 0 saturated heterocycles. The molecule has 0 aliphatic rings. The number of hydrogen-bond donors (Lipinski definition) is 2. The molecule has 0 saturated carbocycles. The highest BCUT2D eigenvalue weighted by Gasteiger charge is 2.40. The van der Waals surface area contributed by atoms with E-state index in [9.17, 15) is 5.11 Å². The lowest BCUT2D eigenvalue weighted by atomic mass is 9.73. The first kappa shape index (κ1) is 19.9. The van der Waals surface area contributed by atoms with Crippen LogP contribution in [0.2, 0.25) is 0 Å². The zero-order valence-electron chi connectivity index (χ0n) is 15.9. The van der Waals surface area contributed by atoms with Gasteiger partial charge in [0.15, 0.2) is 0 Å². The molecule has 0 bridgehead atoms. The lowest BCUT2D eigenvalue weighted by Gasteiger charge is -2.40. The molecule has 0 aliphatic heterocycles. The fraction of sp³-hybridized carbons (Fsp3) is 0.600. The first-order valence-corrected chi connectivity index (χ1v) is 9.50. The van der Waals surface area contributed by atoms with Gasteiger partial charge in [0.05, 0.1) is 12.1 Å². The van der Waals surface area contributed by atoms with Crippen LogP contribution in [0.25, 0.3) is 0 Å². The van der Waals surface area contributed by atoms with Crippen molar-refractivity contribution in [3.63, 3.8) is 0 Å². The van der Waals surface area contributed by atoms with Gasteiger partial charge in [0.25, 0.3) is 0 Å². The van der Waals surface area contributed by atoms with Gasteiger partial charge in [-0.1, -0.05) is 63.4 Å². The van der Waals surface area contributed by atoms with Gasteiger partial charge in [-0.05, 0) is 49.4 Å². The van der Waals surface area contributed by atoms with E-state index in [1.807, 2.05) is 0 Å². The van der Waals surface area contributed by atoms with Crippen molar-refractivity contribution in [1.29, 1.82) is 0 Å². The van der Waals surface area contributed by atoms with Crippen LogP contribution in [0.5, 0.6) is 0 Å². The van der Waals surface area contributed by atoms with E-state index in [0.29, 0.717) is 11.3 Å². The summed E-state index contributed by atoms with van der Waals surface area (Å²) in [7, 11) is 0. The zero-order valence-corrected chi connectivity index (χ0v) is 16.7. The smallest absolute Gasteiger partial charge is 0.215 e. The molecule has 1 unspecified atom stereocenters. The van der Waals surface area contributed by atoms with Crippen molar-refractivity contribution in [2.75, 3.05) is 0 Å². The SMILES string of the molecule is Cc1ccc(CCCCCC(O)(Cn2[nH]cnc2=S)C(C)(C)C)cc1. The van der Waals surface area contributed by atoms with Crippen molar-refractivity contribution in [2.24, 2.45) is 5.41 Å². The molecule has 0 radical (unpaired) electrons. The highest BCUT2D eigenvalue weighted by Crippen LogP contribution is 2.36. The molecule has 0 aliphatic carbocycles. The lowest BCUT2D eigenvalue weighted by Crippen LogP contribution is -2.46. The third-order valence-electron chi connectivity index (χ3n) is 5.11. The average Bonchev–Trinajstić information content (AvgIpc) is 2.93. The van der Waals surface area contributed by atoms with Gasteiger partial charge >= 0.3 is 0 Å². The highest BCUT2D eigenvalue weighted by molar-refractivity contribution is 7.71. The minimum atomic E-state index is -0.818. The number of hydrogen-bond acceptors (Lipinski definition) is 3. The second-order valence-electron chi connectivity index (χ2n) is 8.08. The molecule has 2 aromatic rings. The molecule has 1 atom stereocenters. The number of nitrogens with one attached hydrogen (secondary N) is 1. The van der Waals surface area contributed by atoms with Gasteiger partial charge < -0.3 is 5.11 Å². The Balaban J connectivity index is 1.86. The predicted molar refractivity (Wildman–Crippen MR) is 105 cm³/mol. The predicted octanol–water partition coefficient (Wildman–Crippen LogP) is 4.83. The van der Waals surface area contributed by atoms with Crippen LogP contribution in [-0.2, 0) is 13.0 Å². The van der Waals surface area contributed by atoms with E-state index in [-0.39, 0.29) is 5.41 Å². The van der Waals surface area contributed by atoms with Gasteiger partial charge in [-0.15, -0.1) is 0 Å². The van der Waals surface area contributed by atoms with Crippen LogP contribution >= 0.6 is 12.2 Å². The van der Waals surface area contributed by atoms with Crippen molar-refractivity contribution in [3.05, 3.63) is 46.5 Å². The Hall–Kier alpha value is -1.46. The lowest BCUT2D eigenvalue weighted by molar-refractivity contribution is -0.0816. The fourth-order valence-electron chi connectivity index (χ4n) is 3.02. The Morgan fingerprint density at radius 1 is 1.12 bits per heavy atom. The van der Waals surface area contributed by atoms with Crippen molar-refractivity contribution in [3.8, 4) is 0 Å². The number of benzene rings is 1. The summed E-state index contributed by atoms with van der Waals surface area (Å²) in [6.45, 7) is 8.81. The number of unbranched alkanes of at least 4 members (excludes halogenated alkanes) is 2. The molecule has 2 N–H and O–H groups in total. The van der Waals surface area contributed by atoms with E-state index < -0.39 is 5.60 Å². The van der Waals surface area contributed by atoms with E-state index in [1.54, 1.807) is 11.0 Å². The van der Waals surface area contributed by atoms with E-state index in [0.717, 1.165) is 32.1 Å².